The number of aryl methyl sites for hydroxylation is 1. The number of rotatable bonds is 4. The molecular weight excluding hydrogens is 222 g/mol. The number of hydrogen-bond acceptors (Lipinski definition) is 4. The van der Waals surface area contributed by atoms with Crippen molar-refractivity contribution in [3.05, 3.63) is 12.4 Å². The van der Waals surface area contributed by atoms with E-state index in [1.807, 2.05) is 6.92 Å². The molecule has 2 rings (SSSR count). The van der Waals surface area contributed by atoms with Crippen LogP contribution < -0.4 is 11.1 Å². The Kier molecular flexibility index (Phi) is 2.74. The standard InChI is InChI=1S/C10H15N5O2/c1-2-15-6-7(5-12-15)13-9(16)10(3-4-10)8(11)14-17/h5-6,17H,2-4H2,1H3,(H2,11,14)(H,13,16). The van der Waals surface area contributed by atoms with Crippen molar-refractivity contribution in [2.45, 2.75) is 26.3 Å². The van der Waals surface area contributed by atoms with E-state index in [0.717, 1.165) is 6.54 Å². The van der Waals surface area contributed by atoms with Gasteiger partial charge in [0.2, 0.25) is 5.91 Å². The molecule has 0 saturated heterocycles. The fourth-order valence-electron chi connectivity index (χ4n) is 1.67. The van der Waals surface area contributed by atoms with Crippen molar-refractivity contribution < 1.29 is 10.0 Å². The molecule has 0 aromatic carbocycles. The van der Waals surface area contributed by atoms with E-state index < -0.39 is 5.41 Å². The van der Waals surface area contributed by atoms with Gasteiger partial charge < -0.3 is 16.3 Å². The van der Waals surface area contributed by atoms with Crippen LogP contribution in [-0.4, -0.2) is 26.7 Å². The Morgan fingerprint density at radius 1 is 1.76 bits per heavy atom. The van der Waals surface area contributed by atoms with Crippen LogP contribution in [0, 0.1) is 5.41 Å². The molecule has 0 aliphatic heterocycles. The Balaban J connectivity index is 2.07. The van der Waals surface area contributed by atoms with Gasteiger partial charge >= 0.3 is 0 Å². The van der Waals surface area contributed by atoms with E-state index >= 15 is 0 Å². The van der Waals surface area contributed by atoms with E-state index in [-0.39, 0.29) is 11.7 Å². The van der Waals surface area contributed by atoms with E-state index in [1.54, 1.807) is 17.1 Å². The van der Waals surface area contributed by atoms with Gasteiger partial charge in [0.15, 0.2) is 5.84 Å². The van der Waals surface area contributed by atoms with Crippen LogP contribution in [0.15, 0.2) is 17.5 Å². The summed E-state index contributed by atoms with van der Waals surface area (Å²) in [6, 6.07) is 0. The number of carbonyl (C=O) groups excluding carboxylic acids is 1. The van der Waals surface area contributed by atoms with Crippen molar-refractivity contribution in [2.75, 3.05) is 5.32 Å². The number of oxime groups is 1. The third-order valence-corrected chi connectivity index (χ3v) is 3.00. The molecule has 0 radical (unpaired) electrons. The van der Waals surface area contributed by atoms with E-state index in [9.17, 15) is 4.79 Å². The van der Waals surface area contributed by atoms with E-state index in [1.165, 1.54) is 0 Å². The molecule has 1 aliphatic rings. The molecule has 0 atom stereocenters. The third-order valence-electron chi connectivity index (χ3n) is 3.00. The van der Waals surface area contributed by atoms with Crippen molar-refractivity contribution in [1.82, 2.24) is 9.78 Å². The van der Waals surface area contributed by atoms with Crippen molar-refractivity contribution in [1.29, 1.82) is 0 Å². The molecule has 0 spiro atoms. The highest BCUT2D eigenvalue weighted by Crippen LogP contribution is 2.46. The summed E-state index contributed by atoms with van der Waals surface area (Å²) in [5.41, 5.74) is 5.31. The first kappa shape index (κ1) is 11.4. The molecule has 1 fully saturated rings. The Morgan fingerprint density at radius 3 is 2.94 bits per heavy atom. The van der Waals surface area contributed by atoms with Crippen molar-refractivity contribution in [3.8, 4) is 0 Å². The van der Waals surface area contributed by atoms with Crippen molar-refractivity contribution in [2.24, 2.45) is 16.3 Å². The van der Waals surface area contributed by atoms with Crippen LogP contribution in [0.4, 0.5) is 5.69 Å². The highest BCUT2D eigenvalue weighted by molar-refractivity contribution is 6.14. The maximum atomic E-state index is 12.0. The molecule has 1 aliphatic carbocycles. The van der Waals surface area contributed by atoms with Crippen LogP contribution in [0.25, 0.3) is 0 Å². The summed E-state index contributed by atoms with van der Waals surface area (Å²) in [5, 5.41) is 18.3. The Bertz CT molecular complexity index is 461. The first-order valence-electron chi connectivity index (χ1n) is 5.44. The maximum absolute atomic E-state index is 12.0. The zero-order valence-electron chi connectivity index (χ0n) is 9.55. The Morgan fingerprint density at radius 2 is 2.47 bits per heavy atom. The highest BCUT2D eigenvalue weighted by atomic mass is 16.4. The van der Waals surface area contributed by atoms with Gasteiger partial charge in [-0.25, -0.2) is 0 Å². The Labute approximate surface area is 98.3 Å². The molecule has 1 saturated carbocycles. The van der Waals surface area contributed by atoms with Crippen LogP contribution in [0.1, 0.15) is 19.8 Å². The fourth-order valence-corrected chi connectivity index (χ4v) is 1.67. The summed E-state index contributed by atoms with van der Waals surface area (Å²) in [6.07, 6.45) is 4.53. The predicted molar refractivity (Wildman–Crippen MR) is 61.6 cm³/mol. The molecule has 17 heavy (non-hydrogen) atoms. The summed E-state index contributed by atoms with van der Waals surface area (Å²) < 4.78 is 1.71. The van der Waals surface area contributed by atoms with Gasteiger partial charge in [0.05, 0.1) is 11.9 Å². The summed E-state index contributed by atoms with van der Waals surface area (Å²) in [5.74, 6) is -0.277. The summed E-state index contributed by atoms with van der Waals surface area (Å²) in [6.45, 7) is 2.69. The molecule has 1 amide bonds. The molecule has 1 aromatic heterocycles. The smallest absolute Gasteiger partial charge is 0.238 e. The molecule has 4 N–H and O–H groups in total. The summed E-state index contributed by atoms with van der Waals surface area (Å²) in [7, 11) is 0. The van der Waals surface area contributed by atoms with Gasteiger partial charge in [-0.15, -0.1) is 0 Å². The zero-order valence-corrected chi connectivity index (χ0v) is 9.55. The lowest BCUT2D eigenvalue weighted by molar-refractivity contribution is -0.119. The average Bonchev–Trinajstić information content (AvgIpc) is 3.04. The zero-order chi connectivity index (χ0) is 12.5. The lowest BCUT2D eigenvalue weighted by Gasteiger charge is -2.12. The number of anilines is 1. The number of nitrogens with two attached hydrogens (primary N) is 1. The predicted octanol–water partition coefficient (Wildman–Crippen LogP) is 0.368. The molecule has 7 nitrogen and oxygen atoms in total. The number of aromatic nitrogens is 2. The van der Waals surface area contributed by atoms with Gasteiger partial charge in [0.1, 0.15) is 5.41 Å². The minimum Gasteiger partial charge on any atom is -0.409 e. The van der Waals surface area contributed by atoms with Gasteiger partial charge in [0.25, 0.3) is 0 Å². The summed E-state index contributed by atoms with van der Waals surface area (Å²) >= 11 is 0. The van der Waals surface area contributed by atoms with Crippen molar-refractivity contribution in [3.63, 3.8) is 0 Å². The topological polar surface area (TPSA) is 106 Å². The number of hydrogen-bond donors (Lipinski definition) is 3. The first-order chi connectivity index (χ1) is 8.12. The number of amidine groups is 1. The second kappa shape index (κ2) is 4.08. The van der Waals surface area contributed by atoms with Gasteiger partial charge in [-0.05, 0) is 19.8 Å². The molecule has 7 heteroatoms. The van der Waals surface area contributed by atoms with Crippen LogP contribution in [-0.2, 0) is 11.3 Å². The van der Waals surface area contributed by atoms with Crippen LogP contribution in [0.3, 0.4) is 0 Å². The fraction of sp³-hybridized carbons (Fsp3) is 0.500. The third kappa shape index (κ3) is 1.95. The van der Waals surface area contributed by atoms with Gasteiger partial charge in [0, 0.05) is 12.7 Å². The molecule has 92 valence electrons. The molecule has 0 unspecified atom stereocenters. The monoisotopic (exact) mass is 237 g/mol. The second-order valence-corrected chi connectivity index (χ2v) is 4.11. The maximum Gasteiger partial charge on any atom is 0.238 e. The van der Waals surface area contributed by atoms with Gasteiger partial charge in [-0.1, -0.05) is 5.16 Å². The number of nitrogens with one attached hydrogen (secondary N) is 1. The van der Waals surface area contributed by atoms with Gasteiger partial charge in [-0.3, -0.25) is 9.48 Å². The number of nitrogens with zero attached hydrogens (tertiary/aromatic N) is 3. The van der Waals surface area contributed by atoms with Crippen LogP contribution >= 0.6 is 0 Å². The normalized spacial score (nSPS) is 17.8. The lowest BCUT2D eigenvalue weighted by atomic mass is 10.1. The quantitative estimate of drug-likeness (QED) is 0.304. The van der Waals surface area contributed by atoms with Crippen LogP contribution in [0.2, 0.25) is 0 Å². The number of carbonyl (C=O) groups is 1. The van der Waals surface area contributed by atoms with Crippen LogP contribution in [0.5, 0.6) is 0 Å². The Hall–Kier alpha value is -2.05. The molecule has 1 heterocycles. The summed E-state index contributed by atoms with van der Waals surface area (Å²) in [4.78, 5) is 12.0. The second-order valence-electron chi connectivity index (χ2n) is 4.11. The highest BCUT2D eigenvalue weighted by Gasteiger charge is 2.54. The molecule has 1 aromatic rings. The van der Waals surface area contributed by atoms with Crippen molar-refractivity contribution >= 4 is 17.4 Å². The molecule has 0 bridgehead atoms. The SMILES string of the molecule is CCn1cc(NC(=O)C2(/C(N)=N/O)CC2)cn1. The van der Waals surface area contributed by atoms with E-state index in [4.69, 9.17) is 10.9 Å². The first-order valence-corrected chi connectivity index (χ1v) is 5.44. The largest absolute Gasteiger partial charge is 0.409 e. The molecular formula is C10H15N5O2. The van der Waals surface area contributed by atoms with E-state index in [0.29, 0.717) is 18.5 Å². The lowest BCUT2D eigenvalue weighted by Crippen LogP contribution is -2.36. The average molecular weight is 237 g/mol. The minimum atomic E-state index is -0.830. The van der Waals surface area contributed by atoms with Gasteiger partial charge in [-0.2, -0.15) is 5.10 Å². The number of amides is 1. The van der Waals surface area contributed by atoms with E-state index in [2.05, 4.69) is 15.6 Å². The minimum absolute atomic E-state index is 0.0297.